The molecule has 0 aliphatic carbocycles. The number of hydrogen-bond acceptors (Lipinski definition) is 6. The summed E-state index contributed by atoms with van der Waals surface area (Å²) in [5.74, 6) is 1.36. The molecule has 8 heteroatoms. The molecule has 0 radical (unpaired) electrons. The monoisotopic (exact) mass is 392 g/mol. The lowest BCUT2D eigenvalue weighted by molar-refractivity contribution is -0.139. The Bertz CT molecular complexity index is 975. The van der Waals surface area contributed by atoms with Crippen LogP contribution in [0.5, 0.6) is 0 Å². The molecular weight excluding hydrogens is 379 g/mol. The van der Waals surface area contributed by atoms with Crippen LogP contribution in [-0.4, -0.2) is 16.2 Å². The third-order valence-electron chi connectivity index (χ3n) is 3.44. The lowest BCUT2D eigenvalue weighted by Gasteiger charge is -1.99. The van der Waals surface area contributed by atoms with E-state index in [0.717, 1.165) is 5.76 Å². The third kappa shape index (κ3) is 4.33. The number of carbonyl (C=O) groups is 1. The molecule has 0 saturated carbocycles. The van der Waals surface area contributed by atoms with Crippen LogP contribution in [-0.2, 0) is 16.1 Å². The van der Waals surface area contributed by atoms with E-state index < -0.39 is 5.97 Å². The van der Waals surface area contributed by atoms with Crippen molar-refractivity contribution in [2.24, 2.45) is 0 Å². The molecule has 2 aromatic heterocycles. The molecule has 0 atom stereocenters. The molecule has 0 aliphatic rings. The van der Waals surface area contributed by atoms with Gasteiger partial charge in [0, 0.05) is 16.1 Å². The molecule has 0 unspecified atom stereocenters. The molecule has 134 valence electrons. The summed E-state index contributed by atoms with van der Waals surface area (Å²) >= 11 is 11.9. The first-order valence-corrected chi connectivity index (χ1v) is 8.37. The lowest BCUT2D eigenvalue weighted by Crippen LogP contribution is -2.01. The van der Waals surface area contributed by atoms with Crippen LogP contribution >= 0.6 is 23.2 Å². The van der Waals surface area contributed by atoms with Gasteiger partial charge in [0.25, 0.3) is 11.8 Å². The van der Waals surface area contributed by atoms with Gasteiger partial charge in [-0.3, -0.25) is 0 Å². The van der Waals surface area contributed by atoms with Crippen LogP contribution in [0, 0.1) is 13.8 Å². The van der Waals surface area contributed by atoms with Crippen molar-refractivity contribution < 1.29 is 18.4 Å². The Balaban J connectivity index is 1.60. The highest BCUT2D eigenvalue weighted by Crippen LogP contribution is 2.25. The summed E-state index contributed by atoms with van der Waals surface area (Å²) < 4.78 is 16.0. The molecule has 0 spiro atoms. The molecule has 0 N–H and O–H groups in total. The number of halogens is 2. The predicted octanol–water partition coefficient (Wildman–Crippen LogP) is 5.01. The Hall–Kier alpha value is -2.57. The molecule has 2 heterocycles. The number of furan rings is 1. The van der Waals surface area contributed by atoms with Gasteiger partial charge >= 0.3 is 5.97 Å². The number of aromatic nitrogens is 2. The summed E-state index contributed by atoms with van der Waals surface area (Å²) in [4.78, 5) is 11.8. The predicted molar refractivity (Wildman–Crippen MR) is 96.8 cm³/mol. The summed E-state index contributed by atoms with van der Waals surface area (Å²) in [7, 11) is 0. The fourth-order valence-corrected chi connectivity index (χ4v) is 2.71. The van der Waals surface area contributed by atoms with Crippen molar-refractivity contribution in [1.29, 1.82) is 0 Å². The first-order chi connectivity index (χ1) is 12.4. The minimum absolute atomic E-state index is 0.138. The van der Waals surface area contributed by atoms with E-state index in [1.807, 2.05) is 6.92 Å². The molecular formula is C18H14Cl2N2O4. The topological polar surface area (TPSA) is 78.4 Å². The molecule has 0 aliphatic heterocycles. The van der Waals surface area contributed by atoms with Crippen molar-refractivity contribution >= 4 is 35.2 Å². The number of rotatable bonds is 5. The Morgan fingerprint density at radius 1 is 1.19 bits per heavy atom. The number of benzene rings is 1. The van der Waals surface area contributed by atoms with Crippen LogP contribution in [0.2, 0.25) is 10.0 Å². The van der Waals surface area contributed by atoms with Crippen LogP contribution in [0.1, 0.15) is 23.0 Å². The second-order valence-corrected chi connectivity index (χ2v) is 6.28. The summed E-state index contributed by atoms with van der Waals surface area (Å²) in [5, 5.41) is 8.75. The Morgan fingerprint density at radius 2 is 2.00 bits per heavy atom. The van der Waals surface area contributed by atoms with E-state index in [1.54, 1.807) is 31.2 Å². The highest BCUT2D eigenvalue weighted by molar-refractivity contribution is 6.35. The number of hydrogen-bond donors (Lipinski definition) is 0. The highest BCUT2D eigenvalue weighted by Gasteiger charge is 2.15. The van der Waals surface area contributed by atoms with E-state index in [2.05, 4.69) is 10.2 Å². The Kier molecular flexibility index (Phi) is 5.44. The summed E-state index contributed by atoms with van der Waals surface area (Å²) in [6.45, 7) is 3.49. The minimum Gasteiger partial charge on any atom is -0.466 e. The van der Waals surface area contributed by atoms with E-state index in [-0.39, 0.29) is 12.5 Å². The number of ether oxygens (including phenoxy) is 1. The molecule has 3 rings (SSSR count). The summed E-state index contributed by atoms with van der Waals surface area (Å²) in [6, 6.07) is 6.77. The van der Waals surface area contributed by atoms with Gasteiger partial charge in [0.05, 0.1) is 5.56 Å². The molecule has 0 bridgehead atoms. The maximum absolute atomic E-state index is 11.8. The zero-order valence-corrected chi connectivity index (χ0v) is 15.5. The van der Waals surface area contributed by atoms with Gasteiger partial charge in [0.15, 0.2) is 6.61 Å². The second kappa shape index (κ2) is 7.76. The van der Waals surface area contributed by atoms with Gasteiger partial charge in [0.2, 0.25) is 0 Å². The number of carbonyl (C=O) groups excluding carboxylic acids is 1. The first-order valence-electron chi connectivity index (χ1n) is 7.62. The summed E-state index contributed by atoms with van der Waals surface area (Å²) in [6.07, 6.45) is 2.80. The number of aryl methyl sites for hydroxylation is 2. The fraction of sp³-hybridized carbons (Fsp3) is 0.167. The number of nitrogens with zero attached hydrogens (tertiary/aromatic N) is 2. The number of esters is 1. The third-order valence-corrected chi connectivity index (χ3v) is 4.00. The van der Waals surface area contributed by atoms with Crippen molar-refractivity contribution in [3.8, 4) is 11.5 Å². The van der Waals surface area contributed by atoms with Gasteiger partial charge in [-0.25, -0.2) is 4.79 Å². The fourth-order valence-electron chi connectivity index (χ4n) is 2.24. The maximum atomic E-state index is 11.8. The Morgan fingerprint density at radius 3 is 2.69 bits per heavy atom. The lowest BCUT2D eigenvalue weighted by atomic mass is 10.2. The van der Waals surface area contributed by atoms with Crippen molar-refractivity contribution in [3.63, 3.8) is 0 Å². The molecule has 6 nitrogen and oxygen atoms in total. The van der Waals surface area contributed by atoms with Crippen LogP contribution in [0.4, 0.5) is 0 Å². The van der Waals surface area contributed by atoms with E-state index in [9.17, 15) is 4.79 Å². The van der Waals surface area contributed by atoms with Crippen molar-refractivity contribution in [2.75, 3.05) is 0 Å². The van der Waals surface area contributed by atoms with Gasteiger partial charge in [-0.05, 0) is 43.7 Å². The standard InChI is InChI=1S/C18H14Cl2N2O4/c1-10-7-14(11(2)25-10)18-22-21-16(26-18)9-24-17(23)6-4-12-3-5-13(19)8-15(12)20/h3-8H,9H2,1-2H3/b6-4+. The van der Waals surface area contributed by atoms with Crippen LogP contribution in [0.25, 0.3) is 17.5 Å². The van der Waals surface area contributed by atoms with Gasteiger partial charge in [-0.2, -0.15) is 0 Å². The quantitative estimate of drug-likeness (QED) is 0.448. The van der Waals surface area contributed by atoms with Crippen LogP contribution in [0.3, 0.4) is 0 Å². The molecule has 3 aromatic rings. The van der Waals surface area contributed by atoms with E-state index in [0.29, 0.717) is 32.8 Å². The normalized spacial score (nSPS) is 11.2. The van der Waals surface area contributed by atoms with E-state index >= 15 is 0 Å². The zero-order valence-electron chi connectivity index (χ0n) is 14.0. The van der Waals surface area contributed by atoms with Gasteiger partial charge in [-0.1, -0.05) is 29.3 Å². The second-order valence-electron chi connectivity index (χ2n) is 5.43. The molecule has 0 amide bonds. The van der Waals surface area contributed by atoms with Crippen molar-refractivity contribution in [1.82, 2.24) is 10.2 Å². The minimum atomic E-state index is -0.564. The van der Waals surface area contributed by atoms with E-state index in [1.165, 1.54) is 12.2 Å². The largest absolute Gasteiger partial charge is 0.466 e. The van der Waals surface area contributed by atoms with Crippen LogP contribution in [0.15, 0.2) is 39.2 Å². The van der Waals surface area contributed by atoms with E-state index in [4.69, 9.17) is 36.8 Å². The van der Waals surface area contributed by atoms with Crippen LogP contribution < -0.4 is 0 Å². The zero-order chi connectivity index (χ0) is 18.7. The van der Waals surface area contributed by atoms with Crippen molar-refractivity contribution in [3.05, 3.63) is 63.4 Å². The highest BCUT2D eigenvalue weighted by atomic mass is 35.5. The SMILES string of the molecule is Cc1cc(-c2nnc(COC(=O)/C=C/c3ccc(Cl)cc3Cl)o2)c(C)o1. The first kappa shape index (κ1) is 18.2. The average Bonchev–Trinajstić information content (AvgIpc) is 3.18. The van der Waals surface area contributed by atoms with Crippen molar-refractivity contribution in [2.45, 2.75) is 20.5 Å². The molecule has 26 heavy (non-hydrogen) atoms. The molecule has 1 aromatic carbocycles. The van der Waals surface area contributed by atoms with Gasteiger partial charge in [-0.15, -0.1) is 10.2 Å². The molecule has 0 saturated heterocycles. The Labute approximate surface area is 159 Å². The maximum Gasteiger partial charge on any atom is 0.331 e. The average molecular weight is 393 g/mol. The summed E-state index contributed by atoms with van der Waals surface area (Å²) in [5.41, 5.74) is 1.36. The van der Waals surface area contributed by atoms with Gasteiger partial charge in [0.1, 0.15) is 11.5 Å². The van der Waals surface area contributed by atoms with Gasteiger partial charge < -0.3 is 13.6 Å². The molecule has 0 fully saturated rings. The smallest absolute Gasteiger partial charge is 0.331 e.